The minimum absolute atomic E-state index is 0.777. The number of hydrogen-bond donors (Lipinski definition) is 1. The van der Waals surface area contributed by atoms with E-state index in [9.17, 15) is 0 Å². The summed E-state index contributed by atoms with van der Waals surface area (Å²) in [6, 6.07) is 8.87. The van der Waals surface area contributed by atoms with Crippen molar-refractivity contribution in [2.24, 2.45) is 0 Å². The largest absolute Gasteiger partial charge is 0.313 e. The van der Waals surface area contributed by atoms with Gasteiger partial charge in [0.1, 0.15) is 0 Å². The highest BCUT2D eigenvalue weighted by Crippen LogP contribution is 2.20. The van der Waals surface area contributed by atoms with Crippen LogP contribution in [0.15, 0.2) is 24.3 Å². The molecule has 2 nitrogen and oxygen atoms in total. The summed E-state index contributed by atoms with van der Waals surface area (Å²) in [6.45, 7) is 10.2. The van der Waals surface area contributed by atoms with Crippen molar-refractivity contribution in [2.75, 3.05) is 25.4 Å². The van der Waals surface area contributed by atoms with E-state index in [1.165, 1.54) is 36.4 Å². The normalized spacial score (nSPS) is 20.6. The van der Waals surface area contributed by atoms with Crippen LogP contribution in [0.1, 0.15) is 31.4 Å². The molecule has 3 heteroatoms. The molecule has 0 spiro atoms. The summed E-state index contributed by atoms with van der Waals surface area (Å²) in [5.41, 5.74) is 2.95. The summed E-state index contributed by atoms with van der Waals surface area (Å²) in [5.74, 6) is 1.28. The first-order chi connectivity index (χ1) is 9.29. The van der Waals surface area contributed by atoms with Crippen molar-refractivity contribution >= 4 is 11.8 Å². The summed E-state index contributed by atoms with van der Waals surface area (Å²) in [6.07, 6.45) is 1.20. The van der Waals surface area contributed by atoms with E-state index in [0.29, 0.717) is 0 Å². The van der Waals surface area contributed by atoms with E-state index in [0.717, 1.165) is 24.9 Å². The third-order valence-corrected chi connectivity index (χ3v) is 4.72. The van der Waals surface area contributed by atoms with Gasteiger partial charge in [0.15, 0.2) is 0 Å². The average molecular weight is 278 g/mol. The fourth-order valence-electron chi connectivity index (χ4n) is 2.56. The van der Waals surface area contributed by atoms with Gasteiger partial charge in [-0.25, -0.2) is 0 Å². The first-order valence-corrected chi connectivity index (χ1v) is 8.46. The molecule has 1 fully saturated rings. The van der Waals surface area contributed by atoms with Crippen molar-refractivity contribution in [3.8, 4) is 0 Å². The van der Waals surface area contributed by atoms with Gasteiger partial charge in [-0.1, -0.05) is 38.1 Å². The number of benzene rings is 1. The third-order valence-electron chi connectivity index (χ3n) is 3.58. The Morgan fingerprint density at radius 2 is 2.11 bits per heavy atom. The fourth-order valence-corrected chi connectivity index (χ4v) is 3.64. The zero-order chi connectivity index (χ0) is 13.5. The highest BCUT2D eigenvalue weighted by molar-refractivity contribution is 7.99. The van der Waals surface area contributed by atoms with Crippen molar-refractivity contribution in [1.82, 2.24) is 10.2 Å². The van der Waals surface area contributed by atoms with Gasteiger partial charge in [0, 0.05) is 37.2 Å². The predicted molar refractivity (Wildman–Crippen MR) is 85.6 cm³/mol. The summed E-state index contributed by atoms with van der Waals surface area (Å²) >= 11 is 2.10. The molecule has 1 aliphatic heterocycles. The average Bonchev–Trinajstić information content (AvgIpc) is 2.41. The second-order valence-electron chi connectivity index (χ2n) is 5.36. The molecule has 1 heterocycles. The van der Waals surface area contributed by atoms with Crippen LogP contribution in [-0.4, -0.2) is 35.5 Å². The van der Waals surface area contributed by atoms with Crippen molar-refractivity contribution in [3.05, 3.63) is 35.4 Å². The Kier molecular flexibility index (Phi) is 6.21. The first kappa shape index (κ1) is 14.9. The van der Waals surface area contributed by atoms with E-state index in [-0.39, 0.29) is 0 Å². The fraction of sp³-hybridized carbons (Fsp3) is 0.625. The summed E-state index contributed by atoms with van der Waals surface area (Å²) < 4.78 is 0. The zero-order valence-corrected chi connectivity index (χ0v) is 13.0. The molecule has 1 aliphatic rings. The van der Waals surface area contributed by atoms with Gasteiger partial charge in [-0.2, -0.15) is 11.8 Å². The van der Waals surface area contributed by atoms with E-state index in [4.69, 9.17) is 0 Å². The van der Waals surface area contributed by atoms with Crippen molar-refractivity contribution in [3.63, 3.8) is 0 Å². The summed E-state index contributed by atoms with van der Waals surface area (Å²) in [5, 5.41) is 4.29. The molecule has 19 heavy (non-hydrogen) atoms. The van der Waals surface area contributed by atoms with Gasteiger partial charge in [0.05, 0.1) is 0 Å². The van der Waals surface area contributed by atoms with Crippen LogP contribution in [-0.2, 0) is 13.1 Å². The van der Waals surface area contributed by atoms with Crippen molar-refractivity contribution < 1.29 is 0 Å². The van der Waals surface area contributed by atoms with Crippen LogP contribution in [0.25, 0.3) is 0 Å². The lowest BCUT2D eigenvalue weighted by atomic mass is 10.1. The Bertz CT molecular complexity index is 381. The molecule has 0 bridgehead atoms. The van der Waals surface area contributed by atoms with Gasteiger partial charge in [0.2, 0.25) is 0 Å². The Morgan fingerprint density at radius 1 is 1.32 bits per heavy atom. The number of thioether (sulfide) groups is 1. The molecule has 0 radical (unpaired) electrons. The van der Waals surface area contributed by atoms with Crippen molar-refractivity contribution in [2.45, 2.75) is 38.6 Å². The SMILES string of the molecule is CCCNCc1ccccc1CN1CCSC(C)C1. The third kappa shape index (κ3) is 4.83. The standard InChI is InChI=1S/C16H26N2S/c1-3-8-17-11-15-6-4-5-7-16(15)13-18-9-10-19-14(2)12-18/h4-7,14,17H,3,8-13H2,1-2H3. The molecule has 1 unspecified atom stereocenters. The van der Waals surface area contributed by atoms with E-state index < -0.39 is 0 Å². The van der Waals surface area contributed by atoms with Crippen molar-refractivity contribution in [1.29, 1.82) is 0 Å². The highest BCUT2D eigenvalue weighted by Gasteiger charge is 2.17. The molecular weight excluding hydrogens is 252 g/mol. The predicted octanol–water partition coefficient (Wildman–Crippen LogP) is 3.12. The summed E-state index contributed by atoms with van der Waals surface area (Å²) in [7, 11) is 0. The zero-order valence-electron chi connectivity index (χ0n) is 12.2. The molecule has 1 aromatic rings. The quantitative estimate of drug-likeness (QED) is 0.805. The maximum absolute atomic E-state index is 3.52. The number of nitrogens with one attached hydrogen (secondary N) is 1. The van der Waals surface area contributed by atoms with Crippen LogP contribution in [0.5, 0.6) is 0 Å². The van der Waals surface area contributed by atoms with Gasteiger partial charge < -0.3 is 5.32 Å². The first-order valence-electron chi connectivity index (χ1n) is 7.41. The lowest BCUT2D eigenvalue weighted by molar-refractivity contribution is 0.277. The van der Waals surface area contributed by atoms with E-state index >= 15 is 0 Å². The minimum atomic E-state index is 0.777. The van der Waals surface area contributed by atoms with Crippen LogP contribution in [0.3, 0.4) is 0 Å². The number of nitrogens with zero attached hydrogens (tertiary/aromatic N) is 1. The molecular formula is C16H26N2S. The molecule has 0 amide bonds. The minimum Gasteiger partial charge on any atom is -0.313 e. The van der Waals surface area contributed by atoms with E-state index in [1.54, 1.807) is 0 Å². The van der Waals surface area contributed by atoms with E-state index in [2.05, 4.69) is 60.1 Å². The number of rotatable bonds is 6. The lowest BCUT2D eigenvalue weighted by Gasteiger charge is -2.31. The van der Waals surface area contributed by atoms with Gasteiger partial charge in [-0.3, -0.25) is 4.90 Å². The second kappa shape index (κ2) is 7.93. The summed E-state index contributed by atoms with van der Waals surface area (Å²) in [4.78, 5) is 2.60. The maximum atomic E-state index is 3.52. The molecule has 1 atom stereocenters. The van der Waals surface area contributed by atoms with Crippen LogP contribution >= 0.6 is 11.8 Å². The molecule has 1 N–H and O–H groups in total. The van der Waals surface area contributed by atoms with E-state index in [1.807, 2.05) is 0 Å². The lowest BCUT2D eigenvalue weighted by Crippen LogP contribution is -2.36. The Labute approximate surface area is 122 Å². The molecule has 106 valence electrons. The van der Waals surface area contributed by atoms with Crippen LogP contribution in [0.2, 0.25) is 0 Å². The second-order valence-corrected chi connectivity index (χ2v) is 6.91. The Morgan fingerprint density at radius 3 is 2.84 bits per heavy atom. The molecule has 1 saturated heterocycles. The molecule has 0 aliphatic carbocycles. The molecule has 0 aromatic heterocycles. The molecule has 1 aromatic carbocycles. The Hall–Kier alpha value is -0.510. The smallest absolute Gasteiger partial charge is 0.0237 e. The van der Waals surface area contributed by atoms with Gasteiger partial charge in [-0.15, -0.1) is 0 Å². The topological polar surface area (TPSA) is 15.3 Å². The Balaban J connectivity index is 1.94. The van der Waals surface area contributed by atoms with Gasteiger partial charge >= 0.3 is 0 Å². The molecule has 0 saturated carbocycles. The maximum Gasteiger partial charge on any atom is 0.0237 e. The van der Waals surface area contributed by atoms with Crippen LogP contribution in [0.4, 0.5) is 0 Å². The van der Waals surface area contributed by atoms with Crippen LogP contribution < -0.4 is 5.32 Å². The molecule has 2 rings (SSSR count). The number of hydrogen-bond acceptors (Lipinski definition) is 3. The van der Waals surface area contributed by atoms with Gasteiger partial charge in [0.25, 0.3) is 0 Å². The highest BCUT2D eigenvalue weighted by atomic mass is 32.2. The van der Waals surface area contributed by atoms with Gasteiger partial charge in [-0.05, 0) is 24.1 Å². The van der Waals surface area contributed by atoms with Crippen LogP contribution in [0, 0.1) is 0 Å². The monoisotopic (exact) mass is 278 g/mol.